The molecule has 5 nitrogen and oxygen atoms in total. The summed E-state index contributed by atoms with van der Waals surface area (Å²) in [5.74, 6) is -2.10. The Morgan fingerprint density at radius 1 is 1.07 bits per heavy atom. The second kappa shape index (κ2) is 7.90. The van der Waals surface area contributed by atoms with Crippen molar-refractivity contribution in [3.8, 4) is 0 Å². The van der Waals surface area contributed by atoms with Crippen LogP contribution in [-0.4, -0.2) is 30.8 Å². The van der Waals surface area contributed by atoms with Gasteiger partial charge in [-0.25, -0.2) is 8.42 Å². The number of alkyl halides is 3. The third-order valence-corrected chi connectivity index (χ3v) is 5.96. The predicted molar refractivity (Wildman–Crippen MR) is 99.2 cm³/mol. The number of carbonyl (C=O) groups is 1. The van der Waals surface area contributed by atoms with Crippen molar-refractivity contribution in [2.75, 3.05) is 11.1 Å². The molecule has 2 rings (SSSR count). The third kappa shape index (κ3) is 5.60. The van der Waals surface area contributed by atoms with Crippen LogP contribution in [0.1, 0.15) is 12.5 Å². The lowest BCUT2D eigenvalue weighted by atomic mass is 10.1. The molecule has 1 amide bonds. The van der Waals surface area contributed by atoms with Crippen LogP contribution in [0.2, 0.25) is 10.0 Å². The van der Waals surface area contributed by atoms with Crippen molar-refractivity contribution in [2.24, 2.45) is 0 Å². The van der Waals surface area contributed by atoms with Crippen molar-refractivity contribution < 1.29 is 31.5 Å². The van der Waals surface area contributed by atoms with Crippen LogP contribution in [-0.2, 0) is 20.8 Å². The van der Waals surface area contributed by atoms with E-state index < -0.39 is 38.8 Å². The average Bonchev–Trinajstić information content (AvgIpc) is 2.52. The molecule has 28 heavy (non-hydrogen) atoms. The van der Waals surface area contributed by atoms with E-state index in [0.717, 1.165) is 43.3 Å². The monoisotopic (exact) mass is 455 g/mol. The van der Waals surface area contributed by atoms with Gasteiger partial charge >= 0.3 is 6.18 Å². The maximum atomic E-state index is 12.6. The number of hydrogen-bond acceptors (Lipinski definition) is 4. The van der Waals surface area contributed by atoms with Gasteiger partial charge in [0.1, 0.15) is 0 Å². The van der Waals surface area contributed by atoms with Crippen molar-refractivity contribution in [3.05, 3.63) is 58.1 Å². The fraction of sp³-hybridized carbons (Fsp3) is 0.235. The summed E-state index contributed by atoms with van der Waals surface area (Å²) in [6, 6.07) is 7.02. The molecule has 1 atom stereocenters. The molecule has 0 heterocycles. The zero-order valence-corrected chi connectivity index (χ0v) is 16.5. The lowest BCUT2D eigenvalue weighted by molar-refractivity contribution is -0.137. The van der Waals surface area contributed by atoms with Gasteiger partial charge in [0, 0.05) is 15.7 Å². The molecule has 0 spiro atoms. The molecule has 1 unspecified atom stereocenters. The summed E-state index contributed by atoms with van der Waals surface area (Å²) < 4.78 is 62.7. The number of sulfone groups is 1. The highest BCUT2D eigenvalue weighted by molar-refractivity contribution is 7.91. The van der Waals surface area contributed by atoms with Gasteiger partial charge in [0.15, 0.2) is 15.4 Å². The maximum Gasteiger partial charge on any atom is 0.416 e. The van der Waals surface area contributed by atoms with E-state index in [0.29, 0.717) is 0 Å². The SMILES string of the molecule is CC(O)(CS(=O)(=O)c1cc(Cl)cc(Cl)c1)C(=O)Nc1ccc(C(F)(F)F)cc1. The summed E-state index contributed by atoms with van der Waals surface area (Å²) in [6.07, 6.45) is -4.54. The van der Waals surface area contributed by atoms with Crippen LogP contribution in [0.15, 0.2) is 47.4 Å². The Labute approximate surface area is 169 Å². The smallest absolute Gasteiger partial charge is 0.379 e. The molecule has 0 radical (unpaired) electrons. The lowest BCUT2D eigenvalue weighted by Gasteiger charge is -2.22. The Kier molecular flexibility index (Phi) is 6.34. The average molecular weight is 456 g/mol. The minimum atomic E-state index is -4.54. The van der Waals surface area contributed by atoms with E-state index in [4.69, 9.17) is 23.2 Å². The Morgan fingerprint density at radius 3 is 2.04 bits per heavy atom. The molecule has 2 aromatic carbocycles. The van der Waals surface area contributed by atoms with E-state index in [9.17, 15) is 31.5 Å². The number of rotatable bonds is 5. The van der Waals surface area contributed by atoms with Gasteiger partial charge in [-0.05, 0) is 49.4 Å². The Balaban J connectivity index is 2.18. The van der Waals surface area contributed by atoms with Crippen molar-refractivity contribution in [1.82, 2.24) is 0 Å². The first-order valence-corrected chi connectivity index (χ1v) is 10.0. The van der Waals surface area contributed by atoms with Crippen LogP contribution in [0.4, 0.5) is 18.9 Å². The van der Waals surface area contributed by atoms with E-state index in [1.165, 1.54) is 6.07 Å². The molecule has 0 aliphatic carbocycles. The number of amides is 1. The molecule has 0 aromatic heterocycles. The van der Waals surface area contributed by atoms with Gasteiger partial charge < -0.3 is 10.4 Å². The Morgan fingerprint density at radius 2 is 1.57 bits per heavy atom. The second-order valence-electron chi connectivity index (χ2n) is 6.17. The topological polar surface area (TPSA) is 83.5 Å². The molecule has 0 saturated heterocycles. The number of halogens is 5. The molecule has 2 aromatic rings. The second-order valence-corrected chi connectivity index (χ2v) is 9.03. The summed E-state index contributed by atoms with van der Waals surface area (Å²) in [4.78, 5) is 12.0. The number of carbonyl (C=O) groups excluding carboxylic acids is 1. The zero-order valence-electron chi connectivity index (χ0n) is 14.2. The Bertz CT molecular complexity index is 970. The van der Waals surface area contributed by atoms with Gasteiger partial charge in [0.05, 0.1) is 16.2 Å². The van der Waals surface area contributed by atoms with Crippen LogP contribution in [0.3, 0.4) is 0 Å². The highest BCUT2D eigenvalue weighted by Gasteiger charge is 2.37. The quantitative estimate of drug-likeness (QED) is 0.708. The predicted octanol–water partition coefficient (Wildman–Crippen LogP) is 4.18. The van der Waals surface area contributed by atoms with E-state index in [2.05, 4.69) is 5.32 Å². The first-order valence-electron chi connectivity index (χ1n) is 7.61. The van der Waals surface area contributed by atoms with Crippen LogP contribution >= 0.6 is 23.2 Å². The molecule has 2 N–H and O–H groups in total. The minimum absolute atomic E-state index is 0.0403. The summed E-state index contributed by atoms with van der Waals surface area (Å²) in [5.41, 5.74) is -3.34. The van der Waals surface area contributed by atoms with Crippen molar-refractivity contribution in [1.29, 1.82) is 0 Å². The molecular formula is C17H14Cl2F3NO4S. The maximum absolute atomic E-state index is 12.6. The van der Waals surface area contributed by atoms with Crippen LogP contribution in [0.25, 0.3) is 0 Å². The van der Waals surface area contributed by atoms with E-state index >= 15 is 0 Å². The first kappa shape index (κ1) is 22.5. The molecule has 0 aliphatic rings. The minimum Gasteiger partial charge on any atom is -0.379 e. The zero-order chi connectivity index (χ0) is 21.3. The third-order valence-electron chi connectivity index (χ3n) is 3.63. The van der Waals surface area contributed by atoms with Gasteiger partial charge in [-0.2, -0.15) is 13.2 Å². The van der Waals surface area contributed by atoms with Gasteiger partial charge in [0.2, 0.25) is 0 Å². The number of nitrogens with one attached hydrogen (secondary N) is 1. The van der Waals surface area contributed by atoms with Gasteiger partial charge in [-0.1, -0.05) is 23.2 Å². The summed E-state index contributed by atoms with van der Waals surface area (Å²) in [6.45, 7) is 0.968. The van der Waals surface area contributed by atoms with Gasteiger partial charge in [0.25, 0.3) is 5.91 Å². The van der Waals surface area contributed by atoms with Crippen molar-refractivity contribution in [2.45, 2.75) is 23.6 Å². The summed E-state index contributed by atoms with van der Waals surface area (Å²) in [5, 5.41) is 12.6. The molecule has 11 heteroatoms. The first-order chi connectivity index (χ1) is 12.7. The number of hydrogen-bond donors (Lipinski definition) is 2. The van der Waals surface area contributed by atoms with Crippen LogP contribution in [0, 0.1) is 0 Å². The number of anilines is 1. The van der Waals surface area contributed by atoms with E-state index in [1.54, 1.807) is 0 Å². The normalized spacial score (nSPS) is 14.4. The van der Waals surface area contributed by atoms with E-state index in [1.807, 2.05) is 0 Å². The highest BCUT2D eigenvalue weighted by atomic mass is 35.5. The fourth-order valence-corrected chi connectivity index (χ4v) is 4.54. The molecule has 0 aliphatic heterocycles. The molecular weight excluding hydrogens is 442 g/mol. The molecule has 0 bridgehead atoms. The van der Waals surface area contributed by atoms with Crippen molar-refractivity contribution in [3.63, 3.8) is 0 Å². The molecule has 0 fully saturated rings. The molecule has 152 valence electrons. The van der Waals surface area contributed by atoms with Crippen LogP contribution < -0.4 is 5.32 Å². The highest BCUT2D eigenvalue weighted by Crippen LogP contribution is 2.30. The fourth-order valence-electron chi connectivity index (χ4n) is 2.24. The Hall–Kier alpha value is -1.81. The summed E-state index contributed by atoms with van der Waals surface area (Å²) >= 11 is 11.5. The van der Waals surface area contributed by atoms with Crippen LogP contribution in [0.5, 0.6) is 0 Å². The lowest BCUT2D eigenvalue weighted by Crippen LogP contribution is -2.45. The van der Waals surface area contributed by atoms with E-state index in [-0.39, 0.29) is 20.6 Å². The number of aliphatic hydroxyl groups is 1. The van der Waals surface area contributed by atoms with Crippen molar-refractivity contribution >= 4 is 44.6 Å². The summed E-state index contributed by atoms with van der Waals surface area (Å²) in [7, 11) is -4.15. The number of benzene rings is 2. The molecule has 0 saturated carbocycles. The standard InChI is InChI=1S/C17H14Cl2F3NO4S/c1-16(25,9-28(26,27)14-7-11(18)6-12(19)8-14)15(24)23-13-4-2-10(3-5-13)17(20,21)22/h2-8,25H,9H2,1H3,(H,23,24). The van der Waals surface area contributed by atoms with Gasteiger partial charge in [-0.3, -0.25) is 4.79 Å². The van der Waals surface area contributed by atoms with Gasteiger partial charge in [-0.15, -0.1) is 0 Å². The largest absolute Gasteiger partial charge is 0.416 e.